The third kappa shape index (κ3) is 3.58. The normalized spacial score (nSPS) is 21.5. The maximum absolute atomic E-state index is 13.5. The van der Waals surface area contributed by atoms with E-state index in [0.717, 1.165) is 52.1 Å². The number of H-pyrrole nitrogens is 1. The van der Waals surface area contributed by atoms with E-state index < -0.39 is 11.9 Å². The van der Waals surface area contributed by atoms with E-state index in [0.29, 0.717) is 29.2 Å². The summed E-state index contributed by atoms with van der Waals surface area (Å²) in [5, 5.41) is 3.93. The number of hydrogen-bond donors (Lipinski definition) is 2. The molecule has 5 nitrogen and oxygen atoms in total. The number of piperidine rings is 1. The molecule has 4 heterocycles. The van der Waals surface area contributed by atoms with Gasteiger partial charge in [-0.15, -0.1) is 0 Å². The van der Waals surface area contributed by atoms with Crippen LogP contribution in [0.4, 0.5) is 13.2 Å². The Hall–Kier alpha value is -1.64. The molecule has 4 rings (SSSR count). The molecular formula is C18H24F3N5. The molecule has 0 bridgehead atoms. The van der Waals surface area contributed by atoms with Gasteiger partial charge in [0.05, 0.1) is 0 Å². The van der Waals surface area contributed by atoms with Crippen molar-refractivity contribution in [2.45, 2.75) is 31.6 Å². The maximum Gasteiger partial charge on any atom is 0.431 e. The number of rotatable bonds is 3. The first-order valence-corrected chi connectivity index (χ1v) is 9.22. The molecule has 0 radical (unpaired) electrons. The molecule has 2 aliphatic heterocycles. The van der Waals surface area contributed by atoms with Gasteiger partial charge in [0.25, 0.3) is 0 Å². The van der Waals surface area contributed by atoms with Crippen molar-refractivity contribution in [3.63, 3.8) is 0 Å². The molecule has 0 aliphatic carbocycles. The van der Waals surface area contributed by atoms with Crippen molar-refractivity contribution in [1.82, 2.24) is 25.1 Å². The zero-order valence-electron chi connectivity index (χ0n) is 14.6. The molecule has 0 amide bonds. The Morgan fingerprint density at radius 1 is 1.12 bits per heavy atom. The van der Waals surface area contributed by atoms with Crippen LogP contribution in [0.3, 0.4) is 0 Å². The first-order chi connectivity index (χ1) is 12.5. The fourth-order valence-electron chi connectivity index (χ4n) is 4.20. The third-order valence-electron chi connectivity index (χ3n) is 5.57. The number of halogens is 3. The van der Waals surface area contributed by atoms with Gasteiger partial charge >= 0.3 is 6.18 Å². The minimum atomic E-state index is -4.39. The van der Waals surface area contributed by atoms with Gasteiger partial charge in [-0.3, -0.25) is 9.80 Å². The van der Waals surface area contributed by atoms with Gasteiger partial charge in [-0.2, -0.15) is 13.2 Å². The number of alkyl halides is 3. The van der Waals surface area contributed by atoms with Crippen LogP contribution < -0.4 is 5.32 Å². The van der Waals surface area contributed by atoms with Gasteiger partial charge in [0, 0.05) is 55.9 Å². The quantitative estimate of drug-likeness (QED) is 0.875. The molecular weight excluding hydrogens is 343 g/mol. The van der Waals surface area contributed by atoms with Gasteiger partial charge in [-0.05, 0) is 38.1 Å². The minimum Gasteiger partial charge on any atom is -0.335 e. The van der Waals surface area contributed by atoms with Crippen LogP contribution in [-0.2, 0) is 12.7 Å². The molecule has 2 saturated heterocycles. The highest BCUT2D eigenvalue weighted by Gasteiger charge is 2.37. The summed E-state index contributed by atoms with van der Waals surface area (Å²) in [6.07, 6.45) is -0.846. The van der Waals surface area contributed by atoms with E-state index in [2.05, 4.69) is 25.1 Å². The Morgan fingerprint density at radius 2 is 1.85 bits per heavy atom. The van der Waals surface area contributed by atoms with Gasteiger partial charge < -0.3 is 10.3 Å². The summed E-state index contributed by atoms with van der Waals surface area (Å²) in [6.45, 7) is 6.16. The average Bonchev–Trinajstić information content (AvgIpc) is 3.02. The Morgan fingerprint density at radius 3 is 2.54 bits per heavy atom. The second-order valence-electron chi connectivity index (χ2n) is 7.17. The van der Waals surface area contributed by atoms with Crippen LogP contribution >= 0.6 is 0 Å². The molecule has 2 fully saturated rings. The van der Waals surface area contributed by atoms with E-state index in [9.17, 15) is 13.2 Å². The highest BCUT2D eigenvalue weighted by molar-refractivity contribution is 5.81. The lowest BCUT2D eigenvalue weighted by Crippen LogP contribution is -2.51. The summed E-state index contributed by atoms with van der Waals surface area (Å²) in [5.41, 5.74) is -0.0258. The average molecular weight is 367 g/mol. The highest BCUT2D eigenvalue weighted by atomic mass is 19.4. The van der Waals surface area contributed by atoms with E-state index in [-0.39, 0.29) is 0 Å². The molecule has 2 N–H and O–H groups in total. The van der Waals surface area contributed by atoms with Crippen LogP contribution in [0.2, 0.25) is 0 Å². The summed E-state index contributed by atoms with van der Waals surface area (Å²) in [7, 11) is 0. The summed E-state index contributed by atoms with van der Waals surface area (Å²) in [5.74, 6) is 0. The molecule has 8 heteroatoms. The zero-order chi connectivity index (χ0) is 18.1. The van der Waals surface area contributed by atoms with Crippen LogP contribution in [0.5, 0.6) is 0 Å². The molecule has 2 aromatic heterocycles. The molecule has 0 spiro atoms. The van der Waals surface area contributed by atoms with Crippen LogP contribution in [-0.4, -0.2) is 65.1 Å². The predicted molar refractivity (Wildman–Crippen MR) is 93.8 cm³/mol. The SMILES string of the molecule is FC(F)(F)c1[nH]c2ncccc2c1CN1CCC(N2CCNCC2)CC1. The molecule has 26 heavy (non-hydrogen) atoms. The number of nitrogens with zero attached hydrogens (tertiary/aromatic N) is 3. The van der Waals surface area contributed by atoms with E-state index in [1.807, 2.05) is 0 Å². The van der Waals surface area contributed by atoms with E-state index >= 15 is 0 Å². The number of likely N-dealkylation sites (tertiary alicyclic amines) is 1. The first-order valence-electron chi connectivity index (χ1n) is 9.22. The maximum atomic E-state index is 13.5. The molecule has 0 aromatic carbocycles. The lowest BCUT2D eigenvalue weighted by atomic mass is 10.0. The fourth-order valence-corrected chi connectivity index (χ4v) is 4.20. The number of hydrogen-bond acceptors (Lipinski definition) is 4. The van der Waals surface area contributed by atoms with Crippen molar-refractivity contribution in [1.29, 1.82) is 0 Å². The van der Waals surface area contributed by atoms with E-state index in [4.69, 9.17) is 0 Å². The predicted octanol–water partition coefficient (Wildman–Crippen LogP) is 2.45. The number of aromatic nitrogens is 2. The summed E-state index contributed by atoms with van der Waals surface area (Å²) in [6, 6.07) is 3.97. The van der Waals surface area contributed by atoms with E-state index in [1.165, 1.54) is 6.20 Å². The Bertz CT molecular complexity index is 743. The number of piperazine rings is 1. The molecule has 142 valence electrons. The first kappa shape index (κ1) is 17.8. The standard InChI is InChI=1S/C18H24F3N5/c19-18(20,21)16-15(14-2-1-5-23-17(14)24-16)12-25-8-3-13(4-9-25)26-10-6-22-7-11-26/h1-2,5,13,22H,3-4,6-12H2,(H,23,24). The van der Waals surface area contributed by atoms with Gasteiger partial charge in [0.15, 0.2) is 0 Å². The topological polar surface area (TPSA) is 47.2 Å². The van der Waals surface area contributed by atoms with Crippen molar-refractivity contribution in [3.8, 4) is 0 Å². The van der Waals surface area contributed by atoms with Gasteiger partial charge in [-0.1, -0.05) is 0 Å². The Kier molecular flexibility index (Phi) is 4.90. The number of nitrogens with one attached hydrogen (secondary N) is 2. The van der Waals surface area contributed by atoms with Crippen LogP contribution in [0.15, 0.2) is 18.3 Å². The van der Waals surface area contributed by atoms with Crippen molar-refractivity contribution in [3.05, 3.63) is 29.6 Å². The summed E-state index contributed by atoms with van der Waals surface area (Å²) in [4.78, 5) is 11.2. The molecule has 0 unspecified atom stereocenters. The van der Waals surface area contributed by atoms with Crippen molar-refractivity contribution in [2.24, 2.45) is 0 Å². The van der Waals surface area contributed by atoms with Crippen molar-refractivity contribution < 1.29 is 13.2 Å². The second-order valence-corrected chi connectivity index (χ2v) is 7.17. The fraction of sp³-hybridized carbons (Fsp3) is 0.611. The smallest absolute Gasteiger partial charge is 0.335 e. The Balaban J connectivity index is 1.48. The molecule has 0 saturated carbocycles. The van der Waals surface area contributed by atoms with Crippen molar-refractivity contribution >= 4 is 11.0 Å². The summed E-state index contributed by atoms with van der Waals surface area (Å²) >= 11 is 0. The van der Waals surface area contributed by atoms with Crippen LogP contribution in [0.25, 0.3) is 11.0 Å². The minimum absolute atomic E-state index is 0.311. The van der Waals surface area contributed by atoms with Gasteiger partial charge in [0.2, 0.25) is 0 Å². The number of fused-ring (bicyclic) bond motifs is 1. The van der Waals surface area contributed by atoms with Gasteiger partial charge in [0.1, 0.15) is 11.3 Å². The number of aromatic amines is 1. The monoisotopic (exact) mass is 367 g/mol. The van der Waals surface area contributed by atoms with Crippen molar-refractivity contribution in [2.75, 3.05) is 39.3 Å². The lowest BCUT2D eigenvalue weighted by molar-refractivity contribution is -0.141. The number of pyridine rings is 1. The third-order valence-corrected chi connectivity index (χ3v) is 5.57. The Labute approximate surface area is 150 Å². The molecule has 2 aromatic rings. The van der Waals surface area contributed by atoms with Crippen LogP contribution in [0.1, 0.15) is 24.1 Å². The zero-order valence-corrected chi connectivity index (χ0v) is 14.6. The van der Waals surface area contributed by atoms with E-state index in [1.54, 1.807) is 12.1 Å². The highest BCUT2D eigenvalue weighted by Crippen LogP contribution is 2.36. The van der Waals surface area contributed by atoms with Crippen LogP contribution in [0, 0.1) is 0 Å². The van der Waals surface area contributed by atoms with Gasteiger partial charge in [-0.25, -0.2) is 4.98 Å². The lowest BCUT2D eigenvalue weighted by Gasteiger charge is -2.40. The second kappa shape index (κ2) is 7.17. The summed E-state index contributed by atoms with van der Waals surface area (Å²) < 4.78 is 40.4. The molecule has 2 aliphatic rings. The molecule has 0 atom stereocenters. The largest absolute Gasteiger partial charge is 0.431 e.